The smallest absolute Gasteiger partial charge is 0.282 e. The van der Waals surface area contributed by atoms with Crippen molar-refractivity contribution in [1.82, 2.24) is 19.3 Å². The van der Waals surface area contributed by atoms with E-state index in [9.17, 15) is 14.0 Å². The van der Waals surface area contributed by atoms with Gasteiger partial charge in [-0.15, -0.1) is 0 Å². The van der Waals surface area contributed by atoms with Crippen LogP contribution in [0.25, 0.3) is 16.6 Å². The molecule has 0 spiro atoms. The third kappa shape index (κ3) is 6.95. The van der Waals surface area contributed by atoms with E-state index in [-0.39, 0.29) is 23.3 Å². The van der Waals surface area contributed by atoms with E-state index in [0.717, 1.165) is 29.7 Å². The summed E-state index contributed by atoms with van der Waals surface area (Å²) < 4.78 is 45.3. The Balaban J connectivity index is 1.25. The normalized spacial score (nSPS) is 12.6. The molecule has 0 saturated carbocycles. The number of nitrogens with zero attached hydrogens (tertiary/aromatic N) is 4. The number of hydrogen-bond acceptors (Lipinski definition) is 9. The molecule has 0 atom stereocenters. The highest BCUT2D eigenvalue weighted by atomic mass is 19.1. The van der Waals surface area contributed by atoms with Gasteiger partial charge in [0.1, 0.15) is 36.7 Å². The second-order valence-corrected chi connectivity index (χ2v) is 11.5. The first-order valence-electron chi connectivity index (χ1n) is 15.8. The standard InChI is InChI=1S/C36H37FN4O7/c1-23-18-24(19-30(42)34-29-6-4-5-13-40(29)41(36(34)43)26-10-8-25(37)9-11-26)7-12-31(23)48-35-27-20-32(46-16-14-44-2)33(47-17-15-45-3)21-28(27)38-22-39-35/h7-12,18,20-22H,4-6,13-17,19H2,1-3H3. The van der Waals surface area contributed by atoms with Crippen LogP contribution in [0.5, 0.6) is 23.1 Å². The summed E-state index contributed by atoms with van der Waals surface area (Å²) in [5.41, 5.74) is 3.20. The minimum Gasteiger partial charge on any atom is -0.487 e. The molecule has 3 heterocycles. The number of benzene rings is 3. The van der Waals surface area contributed by atoms with E-state index < -0.39 is 5.82 Å². The highest BCUT2D eigenvalue weighted by Gasteiger charge is 2.27. The van der Waals surface area contributed by atoms with Crippen LogP contribution >= 0.6 is 0 Å². The molecule has 3 aromatic carbocycles. The maximum atomic E-state index is 13.7. The molecular formula is C36H37FN4O7. The molecule has 0 amide bonds. The predicted octanol–water partition coefficient (Wildman–Crippen LogP) is 5.63. The van der Waals surface area contributed by atoms with Gasteiger partial charge in [0.25, 0.3) is 5.56 Å². The fraction of sp³-hybridized carbons (Fsp3) is 0.333. The van der Waals surface area contributed by atoms with Crippen LogP contribution in [0.1, 0.15) is 40.0 Å². The van der Waals surface area contributed by atoms with Gasteiger partial charge in [-0.05, 0) is 73.7 Å². The van der Waals surface area contributed by atoms with E-state index in [4.69, 9.17) is 23.7 Å². The lowest BCUT2D eigenvalue weighted by Gasteiger charge is -2.19. The molecule has 0 N–H and O–H groups in total. The fourth-order valence-electron chi connectivity index (χ4n) is 5.88. The summed E-state index contributed by atoms with van der Waals surface area (Å²) in [6.07, 6.45) is 3.87. The van der Waals surface area contributed by atoms with Crippen LogP contribution in [0, 0.1) is 12.7 Å². The third-order valence-electron chi connectivity index (χ3n) is 8.20. The van der Waals surface area contributed by atoms with Gasteiger partial charge >= 0.3 is 0 Å². The molecule has 0 aliphatic carbocycles. The van der Waals surface area contributed by atoms with Gasteiger partial charge in [-0.25, -0.2) is 19.0 Å². The van der Waals surface area contributed by atoms with Gasteiger partial charge in [-0.3, -0.25) is 14.3 Å². The number of aryl methyl sites for hydroxylation is 1. The average molecular weight is 657 g/mol. The van der Waals surface area contributed by atoms with Crippen LogP contribution in [0.15, 0.2) is 65.7 Å². The van der Waals surface area contributed by atoms with Crippen LogP contribution in [0.2, 0.25) is 0 Å². The minimum atomic E-state index is -0.390. The van der Waals surface area contributed by atoms with Crippen LogP contribution in [-0.4, -0.2) is 65.8 Å². The van der Waals surface area contributed by atoms with Gasteiger partial charge < -0.3 is 23.7 Å². The van der Waals surface area contributed by atoms with Crippen molar-refractivity contribution < 1.29 is 32.9 Å². The summed E-state index contributed by atoms with van der Waals surface area (Å²) in [6.45, 7) is 3.96. The Morgan fingerprint density at radius 1 is 0.875 bits per heavy atom. The molecule has 6 rings (SSSR count). The quantitative estimate of drug-likeness (QED) is 0.111. The maximum absolute atomic E-state index is 13.7. The lowest BCUT2D eigenvalue weighted by atomic mass is 9.98. The Labute approximate surface area is 276 Å². The first-order valence-corrected chi connectivity index (χ1v) is 15.8. The number of halogens is 1. The third-order valence-corrected chi connectivity index (χ3v) is 8.20. The van der Waals surface area contributed by atoms with Gasteiger partial charge in [0.15, 0.2) is 17.3 Å². The number of Topliss-reactive ketones (excluding diaryl/α,β-unsaturated/α-hetero) is 1. The number of carbonyl (C=O) groups excluding carboxylic acids is 1. The largest absolute Gasteiger partial charge is 0.487 e. The summed E-state index contributed by atoms with van der Waals surface area (Å²) in [4.78, 5) is 36.2. The Hall–Kier alpha value is -5.07. The van der Waals surface area contributed by atoms with E-state index in [1.807, 2.05) is 23.7 Å². The molecule has 5 aromatic rings. The van der Waals surface area contributed by atoms with Crippen molar-refractivity contribution in [3.05, 3.63) is 99.5 Å². The van der Waals surface area contributed by atoms with Gasteiger partial charge in [-0.2, -0.15) is 0 Å². The Bertz CT molecular complexity index is 1990. The van der Waals surface area contributed by atoms with Crippen molar-refractivity contribution in [3.63, 3.8) is 0 Å². The van der Waals surface area contributed by atoms with Gasteiger partial charge in [0, 0.05) is 33.3 Å². The van der Waals surface area contributed by atoms with Crippen molar-refractivity contribution >= 4 is 16.7 Å². The van der Waals surface area contributed by atoms with Crippen LogP contribution < -0.4 is 19.8 Å². The predicted molar refractivity (Wildman–Crippen MR) is 176 cm³/mol. The molecule has 48 heavy (non-hydrogen) atoms. The van der Waals surface area contributed by atoms with Crippen molar-refractivity contribution in [3.8, 4) is 28.8 Å². The summed E-state index contributed by atoms with van der Waals surface area (Å²) in [6, 6.07) is 14.8. The topological polar surface area (TPSA) is 116 Å². The molecule has 0 fully saturated rings. The molecule has 12 heteroatoms. The lowest BCUT2D eigenvalue weighted by molar-refractivity contribution is 0.0990. The molecule has 1 aliphatic heterocycles. The highest BCUT2D eigenvalue weighted by molar-refractivity contribution is 5.98. The van der Waals surface area contributed by atoms with E-state index in [2.05, 4.69) is 9.97 Å². The number of ether oxygens (including phenoxy) is 5. The number of carbonyl (C=O) groups is 1. The first-order chi connectivity index (χ1) is 23.4. The minimum absolute atomic E-state index is 0.0429. The van der Waals surface area contributed by atoms with E-state index in [1.165, 1.54) is 23.1 Å². The molecule has 0 radical (unpaired) electrons. The SMILES string of the molecule is COCCOc1cc2ncnc(Oc3ccc(CC(=O)c4c5n(n(-c6ccc(F)cc6)c4=O)CCCC5)cc3C)c2cc1OCCOC. The Morgan fingerprint density at radius 2 is 1.60 bits per heavy atom. The highest BCUT2D eigenvalue weighted by Crippen LogP contribution is 2.37. The number of hydrogen-bond donors (Lipinski definition) is 0. The van der Waals surface area contributed by atoms with Crippen molar-refractivity contribution in [2.45, 2.75) is 39.2 Å². The monoisotopic (exact) mass is 656 g/mol. The Morgan fingerprint density at radius 3 is 2.31 bits per heavy atom. The zero-order valence-corrected chi connectivity index (χ0v) is 27.2. The molecule has 1 aliphatic rings. The number of ketones is 1. The summed E-state index contributed by atoms with van der Waals surface area (Å²) >= 11 is 0. The van der Waals surface area contributed by atoms with Gasteiger partial charge in [-0.1, -0.05) is 12.1 Å². The Kier molecular flexibility index (Phi) is 10.1. The number of methoxy groups -OCH3 is 2. The summed E-state index contributed by atoms with van der Waals surface area (Å²) in [7, 11) is 3.20. The second-order valence-electron chi connectivity index (χ2n) is 11.5. The number of rotatable bonds is 14. The van der Waals surface area contributed by atoms with E-state index in [1.54, 1.807) is 44.6 Å². The number of aromatic nitrogens is 4. The molecule has 0 unspecified atom stereocenters. The van der Waals surface area contributed by atoms with Crippen molar-refractivity contribution in [2.24, 2.45) is 0 Å². The van der Waals surface area contributed by atoms with Crippen LogP contribution in [0.4, 0.5) is 4.39 Å². The van der Waals surface area contributed by atoms with Gasteiger partial charge in [0.05, 0.1) is 35.5 Å². The average Bonchev–Trinajstić information content (AvgIpc) is 3.38. The molecule has 0 saturated heterocycles. The molecule has 2 aromatic heterocycles. The second kappa shape index (κ2) is 14.8. The van der Waals surface area contributed by atoms with E-state index >= 15 is 0 Å². The zero-order valence-electron chi connectivity index (χ0n) is 27.2. The molecule has 11 nitrogen and oxygen atoms in total. The van der Waals surface area contributed by atoms with Crippen molar-refractivity contribution in [1.29, 1.82) is 0 Å². The zero-order chi connectivity index (χ0) is 33.6. The van der Waals surface area contributed by atoms with E-state index in [0.29, 0.717) is 79.1 Å². The van der Waals surface area contributed by atoms with Crippen LogP contribution in [0.3, 0.4) is 0 Å². The molecule has 250 valence electrons. The maximum Gasteiger partial charge on any atom is 0.282 e. The van der Waals surface area contributed by atoms with Crippen molar-refractivity contribution in [2.75, 3.05) is 40.6 Å². The summed E-state index contributed by atoms with van der Waals surface area (Å²) in [5.74, 6) is 1.23. The number of fused-ring (bicyclic) bond motifs is 2. The molecule has 0 bridgehead atoms. The van der Waals surface area contributed by atoms with Gasteiger partial charge in [0.2, 0.25) is 5.88 Å². The van der Waals surface area contributed by atoms with Crippen LogP contribution in [-0.2, 0) is 28.9 Å². The summed E-state index contributed by atoms with van der Waals surface area (Å²) in [5, 5.41) is 0.624. The fourth-order valence-corrected chi connectivity index (χ4v) is 5.88. The lowest BCUT2D eigenvalue weighted by Crippen LogP contribution is -2.24. The first kappa shape index (κ1) is 32.9. The molecular weight excluding hydrogens is 619 g/mol.